The topological polar surface area (TPSA) is 118 Å². The van der Waals surface area contributed by atoms with E-state index in [1.165, 1.54) is 11.3 Å². The molecule has 38 heavy (non-hydrogen) atoms. The molecule has 1 aromatic carbocycles. The number of rotatable bonds is 10. The molecule has 9 nitrogen and oxygen atoms in total. The Bertz CT molecular complexity index is 1250. The number of furan rings is 1. The van der Waals surface area contributed by atoms with E-state index in [1.807, 2.05) is 38.1 Å². The Morgan fingerprint density at radius 2 is 1.74 bits per heavy atom. The second-order valence-corrected chi connectivity index (χ2v) is 10.6. The number of carbonyl (C=O) groups is 3. The van der Waals surface area contributed by atoms with Gasteiger partial charge in [-0.05, 0) is 57.9 Å². The summed E-state index contributed by atoms with van der Waals surface area (Å²) in [5, 5.41) is 9.57. The van der Waals surface area contributed by atoms with E-state index in [1.54, 1.807) is 25.1 Å². The number of carbonyl (C=O) groups excluding carboxylic acids is 3. The average molecular weight is 539 g/mol. The molecule has 2 heterocycles. The fourth-order valence-electron chi connectivity index (χ4n) is 4.55. The van der Waals surface area contributed by atoms with Crippen molar-refractivity contribution in [3.8, 4) is 0 Å². The lowest BCUT2D eigenvalue weighted by Crippen LogP contribution is -2.47. The van der Waals surface area contributed by atoms with Crippen molar-refractivity contribution in [2.75, 3.05) is 21.7 Å². The summed E-state index contributed by atoms with van der Waals surface area (Å²) in [6.07, 6.45) is 5.15. The van der Waals surface area contributed by atoms with Crippen LogP contribution in [0.3, 0.4) is 0 Å². The van der Waals surface area contributed by atoms with Crippen molar-refractivity contribution in [3.05, 3.63) is 65.3 Å². The molecule has 2 N–H and O–H groups in total. The largest absolute Gasteiger partial charge is 0.464 e. The predicted octanol–water partition coefficient (Wildman–Crippen LogP) is 5.09. The van der Waals surface area contributed by atoms with Crippen LogP contribution in [-0.4, -0.2) is 40.4 Å². The Kier molecular flexibility index (Phi) is 9.28. The summed E-state index contributed by atoms with van der Waals surface area (Å²) in [4.78, 5) is 41.3. The van der Waals surface area contributed by atoms with Gasteiger partial charge in [-0.25, -0.2) is 0 Å². The summed E-state index contributed by atoms with van der Waals surface area (Å²) in [6.45, 7) is 5.50. The number of aryl methyl sites for hydroxylation is 3. The van der Waals surface area contributed by atoms with Gasteiger partial charge in [0.15, 0.2) is 11.9 Å². The predicted molar refractivity (Wildman–Crippen MR) is 147 cm³/mol. The maximum Gasteiger partial charge on any atom is 0.251 e. The second-order valence-electron chi connectivity index (χ2n) is 9.66. The van der Waals surface area contributed by atoms with Crippen LogP contribution in [-0.2, 0) is 14.4 Å². The molecule has 0 radical (unpaired) electrons. The molecule has 1 saturated carbocycles. The minimum absolute atomic E-state index is 0.00790. The van der Waals surface area contributed by atoms with Crippen LogP contribution in [0.5, 0.6) is 0 Å². The summed E-state index contributed by atoms with van der Waals surface area (Å²) in [5.41, 5.74) is 1.62. The zero-order valence-electron chi connectivity index (χ0n) is 22.0. The molecule has 1 aliphatic carbocycles. The van der Waals surface area contributed by atoms with Crippen molar-refractivity contribution in [2.24, 2.45) is 0 Å². The zero-order valence-corrected chi connectivity index (χ0v) is 22.8. The van der Waals surface area contributed by atoms with Gasteiger partial charge in [-0.2, -0.15) is 0 Å². The second kappa shape index (κ2) is 12.8. The van der Waals surface area contributed by atoms with Crippen LogP contribution in [0.4, 0.5) is 11.5 Å². The lowest BCUT2D eigenvalue weighted by atomic mass is 9.95. The number of hydrogen-bond donors (Lipinski definition) is 2. The molecule has 0 spiro atoms. The van der Waals surface area contributed by atoms with Crippen LogP contribution >= 0.6 is 11.8 Å². The molecule has 1 atom stereocenters. The van der Waals surface area contributed by atoms with Gasteiger partial charge in [-0.3, -0.25) is 19.3 Å². The van der Waals surface area contributed by atoms with Crippen molar-refractivity contribution < 1.29 is 23.3 Å². The van der Waals surface area contributed by atoms with Crippen LogP contribution in [0.2, 0.25) is 0 Å². The molecular weight excluding hydrogens is 504 g/mol. The van der Waals surface area contributed by atoms with Crippen LogP contribution in [0.1, 0.15) is 61.0 Å². The van der Waals surface area contributed by atoms with Gasteiger partial charge in [0, 0.05) is 17.8 Å². The van der Waals surface area contributed by atoms with Crippen molar-refractivity contribution >= 4 is 41.0 Å². The first-order valence-electron chi connectivity index (χ1n) is 12.9. The summed E-state index contributed by atoms with van der Waals surface area (Å²) in [7, 11) is 0. The minimum Gasteiger partial charge on any atom is -0.464 e. The molecule has 0 unspecified atom stereocenters. The molecule has 3 aromatic rings. The monoisotopic (exact) mass is 538 g/mol. The molecular formula is C28H34N4O5S. The van der Waals surface area contributed by atoms with Crippen LogP contribution in [0, 0.1) is 20.8 Å². The third-order valence-electron chi connectivity index (χ3n) is 6.42. The fraction of sp³-hybridized carbons (Fsp3) is 0.429. The summed E-state index contributed by atoms with van der Waals surface area (Å²) in [5.74, 6) is 1.12. The van der Waals surface area contributed by atoms with Gasteiger partial charge < -0.3 is 19.6 Å². The van der Waals surface area contributed by atoms with Crippen molar-refractivity contribution in [2.45, 2.75) is 65.0 Å². The average Bonchev–Trinajstić information content (AvgIpc) is 3.50. The Morgan fingerprint density at radius 1 is 1.00 bits per heavy atom. The van der Waals surface area contributed by atoms with Gasteiger partial charge in [-0.1, -0.05) is 42.1 Å². The number of aromatic nitrogens is 1. The van der Waals surface area contributed by atoms with Crippen molar-refractivity contribution in [3.63, 3.8) is 0 Å². The van der Waals surface area contributed by atoms with Gasteiger partial charge in [-0.15, -0.1) is 11.8 Å². The molecule has 3 amide bonds. The number of hydrogen-bond acceptors (Lipinski definition) is 7. The van der Waals surface area contributed by atoms with Crippen molar-refractivity contribution in [1.29, 1.82) is 0 Å². The van der Waals surface area contributed by atoms with E-state index in [0.717, 1.165) is 43.0 Å². The van der Waals surface area contributed by atoms with Gasteiger partial charge in [0.05, 0.1) is 11.5 Å². The Balaban J connectivity index is 1.54. The number of thioether (sulfide) groups is 1. The highest BCUT2D eigenvalue weighted by Gasteiger charge is 2.36. The highest BCUT2D eigenvalue weighted by molar-refractivity contribution is 8.00. The molecule has 202 valence electrons. The van der Waals surface area contributed by atoms with E-state index < -0.39 is 6.04 Å². The third kappa shape index (κ3) is 7.28. The number of anilines is 2. The first-order chi connectivity index (χ1) is 18.3. The number of nitrogens with one attached hydrogen (secondary N) is 2. The fourth-order valence-corrected chi connectivity index (χ4v) is 5.22. The first-order valence-corrected chi connectivity index (χ1v) is 14.0. The molecule has 0 bridgehead atoms. The molecule has 4 rings (SSSR count). The van der Waals surface area contributed by atoms with E-state index in [9.17, 15) is 14.4 Å². The van der Waals surface area contributed by atoms with Crippen LogP contribution in [0.15, 0.2) is 51.4 Å². The van der Waals surface area contributed by atoms with Gasteiger partial charge >= 0.3 is 0 Å². The summed E-state index contributed by atoms with van der Waals surface area (Å²) >= 11 is 1.16. The van der Waals surface area contributed by atoms with Crippen LogP contribution < -0.4 is 15.5 Å². The minimum atomic E-state index is -0.978. The quantitative estimate of drug-likeness (QED) is 0.369. The van der Waals surface area contributed by atoms with E-state index in [4.69, 9.17) is 8.94 Å². The highest BCUT2D eigenvalue weighted by Crippen LogP contribution is 2.31. The van der Waals surface area contributed by atoms with Crippen LogP contribution in [0.25, 0.3) is 0 Å². The Morgan fingerprint density at radius 3 is 2.37 bits per heavy atom. The molecule has 1 aliphatic rings. The third-order valence-corrected chi connectivity index (χ3v) is 7.34. The highest BCUT2D eigenvalue weighted by atomic mass is 32.2. The zero-order chi connectivity index (χ0) is 27.1. The standard InChI is InChI=1S/C28H34N4O5S/c1-18-9-12-22(13-10-18)32(26(34)17-38-16-25(33)30-24-15-20(3)37-31-24)27(23-14-11-19(2)36-23)28(35)29-21-7-5-4-6-8-21/h9-15,21,27H,4-8,16-17H2,1-3H3,(H,29,35)(H,30,31,33)/t27-/m1/s1. The SMILES string of the molecule is Cc1ccc(N(C(=O)CSCC(=O)Nc2cc(C)on2)[C@@H](C(=O)NC2CCCCC2)c2ccc(C)o2)cc1. The number of nitrogens with zero attached hydrogens (tertiary/aromatic N) is 2. The molecule has 1 fully saturated rings. The summed E-state index contributed by atoms with van der Waals surface area (Å²) in [6, 6.07) is 11.7. The molecule has 10 heteroatoms. The first kappa shape index (κ1) is 27.5. The van der Waals surface area contributed by atoms with E-state index >= 15 is 0 Å². The smallest absolute Gasteiger partial charge is 0.251 e. The van der Waals surface area contributed by atoms with Gasteiger partial charge in [0.2, 0.25) is 11.8 Å². The summed E-state index contributed by atoms with van der Waals surface area (Å²) < 4.78 is 10.9. The molecule has 0 aliphatic heterocycles. The Labute approximate surface area is 226 Å². The Hall–Kier alpha value is -3.53. The molecule has 2 aromatic heterocycles. The molecule has 0 saturated heterocycles. The maximum atomic E-state index is 13.7. The van der Waals surface area contributed by atoms with E-state index in [-0.39, 0.29) is 35.3 Å². The van der Waals surface area contributed by atoms with E-state index in [0.29, 0.717) is 28.8 Å². The number of amides is 3. The van der Waals surface area contributed by atoms with Crippen molar-refractivity contribution in [1.82, 2.24) is 10.5 Å². The lowest BCUT2D eigenvalue weighted by Gasteiger charge is -2.32. The normalized spacial score (nSPS) is 14.6. The van der Waals surface area contributed by atoms with Gasteiger partial charge in [0.25, 0.3) is 5.91 Å². The number of benzene rings is 1. The van der Waals surface area contributed by atoms with Gasteiger partial charge in [0.1, 0.15) is 17.3 Å². The lowest BCUT2D eigenvalue weighted by molar-refractivity contribution is -0.127. The van der Waals surface area contributed by atoms with E-state index in [2.05, 4.69) is 15.8 Å². The maximum absolute atomic E-state index is 13.7.